The summed E-state index contributed by atoms with van der Waals surface area (Å²) >= 11 is 6.39. The van der Waals surface area contributed by atoms with Crippen LogP contribution in [0.4, 0.5) is 0 Å². The quantitative estimate of drug-likeness (QED) is 0.441. The van der Waals surface area contributed by atoms with Crippen molar-refractivity contribution in [1.29, 1.82) is 0 Å². The molecule has 1 aliphatic rings. The van der Waals surface area contributed by atoms with Gasteiger partial charge in [-0.05, 0) is 47.6 Å². The maximum atomic E-state index is 10.6. The Balaban J connectivity index is 1.78. The SMILES string of the molecule is C[SH]1C[C@@H](O)[C@@H](O)[C@@H](O)[C@@H]1c1ccc(Cl)c(Cc2ccc(OCC(=O)O)cc2)c1. The number of halogens is 1. The third-order valence-electron chi connectivity index (χ3n) is 5.11. The molecule has 158 valence electrons. The summed E-state index contributed by atoms with van der Waals surface area (Å²) in [6.45, 7) is -0.391. The summed E-state index contributed by atoms with van der Waals surface area (Å²) in [5.41, 5.74) is 2.77. The molecule has 1 heterocycles. The summed E-state index contributed by atoms with van der Waals surface area (Å²) in [7, 11) is -0.700. The number of carbonyl (C=O) groups is 1. The summed E-state index contributed by atoms with van der Waals surface area (Å²) in [4.78, 5) is 10.6. The minimum absolute atomic E-state index is 0.230. The average Bonchev–Trinajstić information content (AvgIpc) is 2.68. The van der Waals surface area contributed by atoms with Gasteiger partial charge < -0.3 is 25.2 Å². The van der Waals surface area contributed by atoms with Crippen molar-refractivity contribution in [2.24, 2.45) is 0 Å². The molecular weight excluding hydrogens is 416 g/mol. The maximum Gasteiger partial charge on any atom is 0.341 e. The first-order valence-electron chi connectivity index (χ1n) is 9.22. The average molecular weight is 441 g/mol. The van der Waals surface area contributed by atoms with Crippen LogP contribution in [0, 0.1) is 0 Å². The summed E-state index contributed by atoms with van der Waals surface area (Å²) in [5, 5.41) is 39.6. The van der Waals surface area contributed by atoms with Crippen LogP contribution in [-0.2, 0) is 11.2 Å². The second kappa shape index (κ2) is 9.36. The fourth-order valence-electron chi connectivity index (χ4n) is 3.63. The van der Waals surface area contributed by atoms with Gasteiger partial charge in [-0.1, -0.05) is 35.9 Å². The highest BCUT2D eigenvalue weighted by Crippen LogP contribution is 2.48. The van der Waals surface area contributed by atoms with Gasteiger partial charge in [0.1, 0.15) is 11.9 Å². The number of benzene rings is 2. The lowest BCUT2D eigenvalue weighted by atomic mass is 9.96. The van der Waals surface area contributed by atoms with Gasteiger partial charge in [0.2, 0.25) is 0 Å². The maximum absolute atomic E-state index is 10.6. The lowest BCUT2D eigenvalue weighted by molar-refractivity contribution is -0.139. The first kappa shape index (κ1) is 21.9. The van der Waals surface area contributed by atoms with Gasteiger partial charge in [-0.25, -0.2) is 15.7 Å². The van der Waals surface area contributed by atoms with Crippen molar-refractivity contribution in [2.45, 2.75) is 30.0 Å². The predicted molar refractivity (Wildman–Crippen MR) is 114 cm³/mol. The van der Waals surface area contributed by atoms with Gasteiger partial charge >= 0.3 is 5.97 Å². The van der Waals surface area contributed by atoms with Crippen molar-refractivity contribution in [2.75, 3.05) is 18.6 Å². The van der Waals surface area contributed by atoms with Crippen LogP contribution >= 0.6 is 22.5 Å². The number of thiol groups is 1. The van der Waals surface area contributed by atoms with Crippen molar-refractivity contribution in [3.05, 3.63) is 64.2 Å². The zero-order valence-electron chi connectivity index (χ0n) is 15.9. The molecule has 8 heteroatoms. The van der Waals surface area contributed by atoms with E-state index >= 15 is 0 Å². The van der Waals surface area contributed by atoms with Crippen molar-refractivity contribution in [1.82, 2.24) is 0 Å². The van der Waals surface area contributed by atoms with Gasteiger partial charge in [0, 0.05) is 16.0 Å². The molecule has 3 rings (SSSR count). The Bertz CT molecular complexity index is 859. The zero-order valence-corrected chi connectivity index (χ0v) is 17.6. The number of carboxylic acids is 1. The molecule has 5 atom stereocenters. The van der Waals surface area contributed by atoms with Crippen LogP contribution in [0.5, 0.6) is 5.75 Å². The molecule has 6 nitrogen and oxygen atoms in total. The minimum atomic E-state index is -1.16. The Hall–Kier alpha value is -1.77. The van der Waals surface area contributed by atoms with Gasteiger partial charge in [0.25, 0.3) is 0 Å². The second-order valence-corrected chi connectivity index (χ2v) is 10.1. The number of aliphatic carboxylic acids is 1. The van der Waals surface area contributed by atoms with Crippen LogP contribution in [0.15, 0.2) is 42.5 Å². The van der Waals surface area contributed by atoms with Crippen LogP contribution in [0.1, 0.15) is 21.9 Å². The van der Waals surface area contributed by atoms with Crippen molar-refractivity contribution in [3.8, 4) is 5.75 Å². The van der Waals surface area contributed by atoms with Gasteiger partial charge in [0.15, 0.2) is 6.61 Å². The highest BCUT2D eigenvalue weighted by molar-refractivity contribution is 8.16. The number of ether oxygens (including phenoxy) is 1. The zero-order chi connectivity index (χ0) is 21.1. The second-order valence-electron chi connectivity index (χ2n) is 7.29. The smallest absolute Gasteiger partial charge is 0.341 e. The van der Waals surface area contributed by atoms with Gasteiger partial charge in [-0.2, -0.15) is 0 Å². The van der Waals surface area contributed by atoms with Crippen LogP contribution in [0.2, 0.25) is 5.02 Å². The normalized spacial score (nSPS) is 28.1. The van der Waals surface area contributed by atoms with Crippen molar-refractivity contribution in [3.63, 3.8) is 0 Å². The summed E-state index contributed by atoms with van der Waals surface area (Å²) in [5.74, 6) is -0.0739. The number of hydrogen-bond donors (Lipinski definition) is 5. The monoisotopic (exact) mass is 440 g/mol. The van der Waals surface area contributed by atoms with E-state index in [0.29, 0.717) is 22.9 Å². The molecule has 0 radical (unpaired) electrons. The molecule has 2 aromatic carbocycles. The third-order valence-corrected chi connectivity index (χ3v) is 7.98. The van der Waals surface area contributed by atoms with E-state index < -0.39 is 41.8 Å². The van der Waals surface area contributed by atoms with Crippen molar-refractivity contribution < 1.29 is 30.0 Å². The van der Waals surface area contributed by atoms with Crippen LogP contribution in [-0.4, -0.2) is 63.3 Å². The van der Waals surface area contributed by atoms with Crippen LogP contribution in [0.25, 0.3) is 0 Å². The van der Waals surface area contributed by atoms with E-state index in [1.54, 1.807) is 18.2 Å². The van der Waals surface area contributed by atoms with Crippen molar-refractivity contribution >= 4 is 28.5 Å². The molecular formula is C21H25ClO6S. The first-order chi connectivity index (χ1) is 13.8. The third kappa shape index (κ3) is 5.24. The fraction of sp³-hybridized carbons (Fsp3) is 0.381. The number of aliphatic hydroxyl groups is 3. The van der Waals surface area contributed by atoms with E-state index in [-0.39, 0.29) is 5.25 Å². The molecule has 0 amide bonds. The highest BCUT2D eigenvalue weighted by atomic mass is 35.5. The molecule has 2 aromatic rings. The summed E-state index contributed by atoms with van der Waals surface area (Å²) < 4.78 is 5.14. The molecule has 1 unspecified atom stereocenters. The van der Waals surface area contributed by atoms with Gasteiger partial charge in [-0.3, -0.25) is 0 Å². The largest absolute Gasteiger partial charge is 0.482 e. The van der Waals surface area contributed by atoms with Crippen LogP contribution < -0.4 is 4.74 Å². The minimum Gasteiger partial charge on any atom is -0.482 e. The predicted octanol–water partition coefficient (Wildman–Crippen LogP) is 2.16. The lowest BCUT2D eigenvalue weighted by Gasteiger charge is -2.42. The molecule has 1 fully saturated rings. The molecule has 0 aliphatic carbocycles. The standard InChI is InChI=1S/C21H25ClO6S/c1-29-11-17(23)19(26)20(27)21(29)13-4-7-16(22)14(9-13)8-12-2-5-15(6-3-12)28-10-18(24)25/h2-7,9,17,19-21,23,26-27,29H,8,10-11H2,1H3,(H,24,25)/t17-,19-,20-,21+/m1/s1. The Morgan fingerprint density at radius 2 is 1.83 bits per heavy atom. The number of rotatable bonds is 6. The Morgan fingerprint density at radius 3 is 2.48 bits per heavy atom. The number of aliphatic hydroxyl groups excluding tert-OH is 3. The molecule has 0 spiro atoms. The summed E-state index contributed by atoms with van der Waals surface area (Å²) in [6.07, 6.45) is -0.499. The van der Waals surface area contributed by atoms with E-state index in [0.717, 1.165) is 16.7 Å². The Labute approximate surface area is 177 Å². The fourth-order valence-corrected chi connectivity index (χ4v) is 6.21. The highest BCUT2D eigenvalue weighted by Gasteiger charge is 2.40. The van der Waals surface area contributed by atoms with E-state index in [2.05, 4.69) is 0 Å². The Morgan fingerprint density at radius 1 is 1.14 bits per heavy atom. The lowest BCUT2D eigenvalue weighted by Crippen LogP contribution is -2.47. The van der Waals surface area contributed by atoms with Gasteiger partial charge in [-0.15, -0.1) is 0 Å². The summed E-state index contributed by atoms with van der Waals surface area (Å²) in [6, 6.07) is 12.7. The molecule has 0 saturated carbocycles. The number of carboxylic acid groups (broad SMARTS) is 1. The molecule has 1 aliphatic heterocycles. The van der Waals surface area contributed by atoms with Crippen LogP contribution in [0.3, 0.4) is 0 Å². The Kier molecular flexibility index (Phi) is 7.08. The molecule has 29 heavy (non-hydrogen) atoms. The van der Waals surface area contributed by atoms with E-state index in [1.807, 2.05) is 30.5 Å². The first-order valence-corrected chi connectivity index (χ1v) is 11.6. The molecule has 1 saturated heterocycles. The molecule has 0 aromatic heterocycles. The van der Waals surface area contributed by atoms with E-state index in [9.17, 15) is 20.1 Å². The van der Waals surface area contributed by atoms with E-state index in [4.69, 9.17) is 21.4 Å². The van der Waals surface area contributed by atoms with Gasteiger partial charge in [0.05, 0.1) is 12.2 Å². The van der Waals surface area contributed by atoms with E-state index in [1.165, 1.54) is 0 Å². The topological polar surface area (TPSA) is 107 Å². The molecule has 0 bridgehead atoms. The molecule has 4 N–H and O–H groups in total. The number of hydrogen-bond acceptors (Lipinski definition) is 5.